The Morgan fingerprint density at radius 2 is 2.08 bits per heavy atom. The molecule has 8 heteroatoms. The maximum atomic E-state index is 12.2. The van der Waals surface area contributed by atoms with Crippen LogP contribution in [-0.2, 0) is 9.84 Å². The number of aromatic nitrogens is 1. The van der Waals surface area contributed by atoms with Crippen LogP contribution in [0.15, 0.2) is 18.3 Å². The third-order valence-electron chi connectivity index (χ3n) is 3.89. The number of unbranched alkanes of at least 4 members (excludes halogenated alkanes) is 2. The highest BCUT2D eigenvalue weighted by Crippen LogP contribution is 2.12. The molecule has 0 spiro atoms. The van der Waals surface area contributed by atoms with Crippen molar-refractivity contribution in [2.45, 2.75) is 38.6 Å². The number of rotatable bonds is 7. The van der Waals surface area contributed by atoms with Gasteiger partial charge in [-0.05, 0) is 25.0 Å². The van der Waals surface area contributed by atoms with Crippen molar-refractivity contribution in [3.8, 4) is 0 Å². The number of hydrogen-bond acceptors (Lipinski definition) is 5. The molecule has 1 aromatic rings. The summed E-state index contributed by atoms with van der Waals surface area (Å²) in [4.78, 5) is 28.2. The number of nitrogens with zero attached hydrogens (tertiary/aromatic N) is 1. The lowest BCUT2D eigenvalue weighted by molar-refractivity contribution is 0.0936. The van der Waals surface area contributed by atoms with Gasteiger partial charge in [0.2, 0.25) is 0 Å². The average molecular weight is 353 g/mol. The van der Waals surface area contributed by atoms with Gasteiger partial charge in [0.1, 0.15) is 5.69 Å². The Morgan fingerprint density at radius 3 is 2.75 bits per heavy atom. The van der Waals surface area contributed by atoms with E-state index in [9.17, 15) is 18.0 Å². The van der Waals surface area contributed by atoms with E-state index in [0.29, 0.717) is 18.5 Å². The number of amides is 2. The molecule has 1 aromatic heterocycles. The molecule has 2 N–H and O–H groups in total. The SMILES string of the molecule is CCCCCNC(=O)c1ccnc(C(=O)NC2CCS(=O)(=O)C2)c1. The van der Waals surface area contributed by atoms with Crippen molar-refractivity contribution in [2.24, 2.45) is 0 Å². The minimum Gasteiger partial charge on any atom is -0.352 e. The summed E-state index contributed by atoms with van der Waals surface area (Å²) in [7, 11) is -3.06. The van der Waals surface area contributed by atoms with Gasteiger partial charge in [-0.25, -0.2) is 8.42 Å². The Bertz CT molecular complexity index is 703. The molecule has 1 aliphatic heterocycles. The molecule has 2 amide bonds. The van der Waals surface area contributed by atoms with Gasteiger partial charge in [-0.2, -0.15) is 0 Å². The molecule has 1 unspecified atom stereocenters. The number of hydrogen-bond donors (Lipinski definition) is 2. The van der Waals surface area contributed by atoms with E-state index in [0.717, 1.165) is 19.3 Å². The van der Waals surface area contributed by atoms with Crippen molar-refractivity contribution in [1.82, 2.24) is 15.6 Å². The summed E-state index contributed by atoms with van der Waals surface area (Å²) in [5.74, 6) is -0.661. The van der Waals surface area contributed by atoms with E-state index in [-0.39, 0.29) is 23.1 Å². The fourth-order valence-electron chi connectivity index (χ4n) is 2.54. The van der Waals surface area contributed by atoms with Crippen LogP contribution in [0.3, 0.4) is 0 Å². The van der Waals surface area contributed by atoms with Crippen molar-refractivity contribution >= 4 is 21.7 Å². The van der Waals surface area contributed by atoms with E-state index in [1.165, 1.54) is 12.3 Å². The number of sulfone groups is 1. The van der Waals surface area contributed by atoms with Crippen molar-refractivity contribution < 1.29 is 18.0 Å². The first kappa shape index (κ1) is 18.4. The van der Waals surface area contributed by atoms with Gasteiger partial charge in [-0.3, -0.25) is 14.6 Å². The highest BCUT2D eigenvalue weighted by atomic mass is 32.2. The van der Waals surface area contributed by atoms with Gasteiger partial charge in [0, 0.05) is 24.3 Å². The van der Waals surface area contributed by atoms with Gasteiger partial charge in [0.25, 0.3) is 11.8 Å². The second-order valence-electron chi connectivity index (χ2n) is 5.97. The molecule has 0 radical (unpaired) electrons. The lowest BCUT2D eigenvalue weighted by Gasteiger charge is -2.11. The molecule has 7 nitrogen and oxygen atoms in total. The Balaban J connectivity index is 1.94. The summed E-state index contributed by atoms with van der Waals surface area (Å²) < 4.78 is 22.9. The summed E-state index contributed by atoms with van der Waals surface area (Å²) in [6.07, 6.45) is 4.85. The van der Waals surface area contributed by atoms with Crippen molar-refractivity contribution in [1.29, 1.82) is 0 Å². The zero-order chi connectivity index (χ0) is 17.6. The largest absolute Gasteiger partial charge is 0.352 e. The maximum Gasteiger partial charge on any atom is 0.270 e. The van der Waals surface area contributed by atoms with E-state index in [2.05, 4.69) is 22.5 Å². The zero-order valence-electron chi connectivity index (χ0n) is 13.7. The fourth-order valence-corrected chi connectivity index (χ4v) is 4.22. The zero-order valence-corrected chi connectivity index (χ0v) is 14.6. The molecule has 1 saturated heterocycles. The average Bonchev–Trinajstić information content (AvgIpc) is 2.90. The highest BCUT2D eigenvalue weighted by molar-refractivity contribution is 7.91. The number of pyridine rings is 1. The molecular formula is C16H23N3O4S. The minimum atomic E-state index is -3.06. The van der Waals surface area contributed by atoms with E-state index >= 15 is 0 Å². The molecule has 1 atom stereocenters. The second-order valence-corrected chi connectivity index (χ2v) is 8.19. The molecule has 1 aliphatic rings. The van der Waals surface area contributed by atoms with Crippen LogP contribution in [0.25, 0.3) is 0 Å². The van der Waals surface area contributed by atoms with Crippen LogP contribution in [-0.4, -0.2) is 49.3 Å². The van der Waals surface area contributed by atoms with Crippen LogP contribution in [0.2, 0.25) is 0 Å². The first-order chi connectivity index (χ1) is 11.4. The van der Waals surface area contributed by atoms with Crippen LogP contribution in [0, 0.1) is 0 Å². The summed E-state index contributed by atoms with van der Waals surface area (Å²) in [5, 5.41) is 5.47. The molecule has 0 saturated carbocycles. The Hall–Kier alpha value is -1.96. The predicted molar refractivity (Wildman–Crippen MR) is 90.6 cm³/mol. The number of carbonyl (C=O) groups is 2. The lowest BCUT2D eigenvalue weighted by atomic mass is 10.2. The Labute approximate surface area is 142 Å². The third kappa shape index (κ3) is 5.30. The van der Waals surface area contributed by atoms with Crippen molar-refractivity contribution in [2.75, 3.05) is 18.1 Å². The second kappa shape index (κ2) is 8.23. The van der Waals surface area contributed by atoms with E-state index < -0.39 is 21.8 Å². The first-order valence-corrected chi connectivity index (χ1v) is 9.99. The Kier molecular flexibility index (Phi) is 6.30. The highest BCUT2D eigenvalue weighted by Gasteiger charge is 2.29. The molecule has 1 fully saturated rings. The van der Waals surface area contributed by atoms with Crippen molar-refractivity contribution in [3.63, 3.8) is 0 Å². The van der Waals surface area contributed by atoms with Gasteiger partial charge in [0.15, 0.2) is 9.84 Å². The molecular weight excluding hydrogens is 330 g/mol. The quantitative estimate of drug-likeness (QED) is 0.709. The number of carbonyl (C=O) groups excluding carboxylic acids is 2. The molecule has 2 heterocycles. The summed E-state index contributed by atoms with van der Waals surface area (Å²) in [6.45, 7) is 2.68. The lowest BCUT2D eigenvalue weighted by Crippen LogP contribution is -2.36. The van der Waals surface area contributed by atoms with E-state index in [1.54, 1.807) is 6.07 Å². The van der Waals surface area contributed by atoms with Gasteiger partial charge in [-0.15, -0.1) is 0 Å². The minimum absolute atomic E-state index is 0.0453. The maximum absolute atomic E-state index is 12.2. The van der Waals surface area contributed by atoms with Crippen LogP contribution in [0.1, 0.15) is 53.5 Å². The van der Waals surface area contributed by atoms with Gasteiger partial charge in [-0.1, -0.05) is 19.8 Å². The van der Waals surface area contributed by atoms with Crippen molar-refractivity contribution in [3.05, 3.63) is 29.6 Å². The third-order valence-corrected chi connectivity index (χ3v) is 5.66. The summed E-state index contributed by atoms with van der Waals surface area (Å²) >= 11 is 0. The molecule has 132 valence electrons. The van der Waals surface area contributed by atoms with Crippen LogP contribution in [0.5, 0.6) is 0 Å². The smallest absolute Gasteiger partial charge is 0.270 e. The predicted octanol–water partition coefficient (Wildman–Crippen LogP) is 0.919. The summed E-state index contributed by atoms with van der Waals surface area (Å²) in [6, 6.07) is 2.58. The molecule has 0 aliphatic carbocycles. The van der Waals surface area contributed by atoms with Crippen LogP contribution in [0.4, 0.5) is 0 Å². The molecule has 24 heavy (non-hydrogen) atoms. The van der Waals surface area contributed by atoms with Crippen LogP contribution >= 0.6 is 0 Å². The Morgan fingerprint density at radius 1 is 1.29 bits per heavy atom. The molecule has 0 aromatic carbocycles. The standard InChI is InChI=1S/C16H23N3O4S/c1-2-3-4-7-18-15(20)12-5-8-17-14(10-12)16(21)19-13-6-9-24(22,23)11-13/h5,8,10,13H,2-4,6-7,9,11H2,1H3,(H,18,20)(H,19,21). The number of nitrogens with one attached hydrogen (secondary N) is 2. The molecule has 2 rings (SSSR count). The van der Waals surface area contributed by atoms with E-state index in [4.69, 9.17) is 0 Å². The monoisotopic (exact) mass is 353 g/mol. The normalized spacial score (nSPS) is 19.0. The summed E-state index contributed by atoms with van der Waals surface area (Å²) in [5.41, 5.74) is 0.478. The first-order valence-electron chi connectivity index (χ1n) is 8.17. The van der Waals surface area contributed by atoms with Gasteiger partial charge >= 0.3 is 0 Å². The fraction of sp³-hybridized carbons (Fsp3) is 0.562. The van der Waals surface area contributed by atoms with E-state index in [1.807, 2.05) is 0 Å². The van der Waals surface area contributed by atoms with Crippen LogP contribution < -0.4 is 10.6 Å². The topological polar surface area (TPSA) is 105 Å². The molecule has 0 bridgehead atoms. The van der Waals surface area contributed by atoms with Gasteiger partial charge in [0.05, 0.1) is 11.5 Å². The van der Waals surface area contributed by atoms with Gasteiger partial charge < -0.3 is 10.6 Å².